The number of carbonyl (C=O) groups excluding carboxylic acids is 1. The van der Waals surface area contributed by atoms with Crippen molar-refractivity contribution < 1.29 is 23.2 Å². The minimum atomic E-state index is -0.723. The SMILES string of the molecule is O=C(COc1cc(F)ccc1[N+](=O)[O-])N[C@@H](c1ccc(F)cc1)c1cccs1. The number of amides is 1. The first-order valence-corrected chi connectivity index (χ1v) is 8.97. The van der Waals surface area contributed by atoms with Crippen LogP contribution in [0.1, 0.15) is 16.5 Å². The van der Waals surface area contributed by atoms with Gasteiger partial charge >= 0.3 is 5.69 Å². The molecule has 144 valence electrons. The Morgan fingerprint density at radius 3 is 2.50 bits per heavy atom. The number of nitro benzene ring substituents is 1. The first-order valence-electron chi connectivity index (χ1n) is 8.09. The van der Waals surface area contributed by atoms with E-state index < -0.39 is 40.8 Å². The van der Waals surface area contributed by atoms with E-state index in [4.69, 9.17) is 4.74 Å². The van der Waals surface area contributed by atoms with Gasteiger partial charge in [0, 0.05) is 17.0 Å². The Bertz CT molecular complexity index is 978. The summed E-state index contributed by atoms with van der Waals surface area (Å²) in [5, 5.41) is 15.6. The lowest BCUT2D eigenvalue weighted by Crippen LogP contribution is -2.33. The summed E-state index contributed by atoms with van der Waals surface area (Å²) < 4.78 is 31.7. The van der Waals surface area contributed by atoms with E-state index in [0.717, 1.165) is 23.1 Å². The molecule has 0 spiro atoms. The zero-order chi connectivity index (χ0) is 20.1. The highest BCUT2D eigenvalue weighted by Gasteiger charge is 2.20. The number of nitro groups is 1. The summed E-state index contributed by atoms with van der Waals surface area (Å²) in [6, 6.07) is 11.5. The third-order valence-electron chi connectivity index (χ3n) is 3.81. The van der Waals surface area contributed by atoms with Crippen LogP contribution in [0.2, 0.25) is 0 Å². The van der Waals surface area contributed by atoms with Crippen molar-refractivity contribution in [1.82, 2.24) is 5.32 Å². The quantitative estimate of drug-likeness (QED) is 0.472. The monoisotopic (exact) mass is 404 g/mol. The van der Waals surface area contributed by atoms with Gasteiger partial charge in [0.05, 0.1) is 11.0 Å². The van der Waals surface area contributed by atoms with Gasteiger partial charge in [-0.1, -0.05) is 18.2 Å². The summed E-state index contributed by atoms with van der Waals surface area (Å²) in [6.45, 7) is -0.548. The van der Waals surface area contributed by atoms with E-state index in [-0.39, 0.29) is 5.75 Å². The van der Waals surface area contributed by atoms with E-state index in [1.165, 1.54) is 23.5 Å². The first-order chi connectivity index (χ1) is 13.4. The second-order valence-electron chi connectivity index (χ2n) is 5.73. The number of hydrogen-bond acceptors (Lipinski definition) is 5. The van der Waals surface area contributed by atoms with E-state index in [1.54, 1.807) is 12.1 Å². The van der Waals surface area contributed by atoms with Crippen molar-refractivity contribution in [3.05, 3.63) is 92.2 Å². The molecule has 28 heavy (non-hydrogen) atoms. The number of nitrogens with zero attached hydrogens (tertiary/aromatic N) is 1. The lowest BCUT2D eigenvalue weighted by Gasteiger charge is -2.18. The van der Waals surface area contributed by atoms with Crippen LogP contribution in [0.4, 0.5) is 14.5 Å². The van der Waals surface area contributed by atoms with Gasteiger partial charge < -0.3 is 10.1 Å². The minimum absolute atomic E-state index is 0.338. The summed E-state index contributed by atoms with van der Waals surface area (Å²) in [7, 11) is 0. The average Bonchev–Trinajstić information content (AvgIpc) is 3.19. The molecule has 0 fully saturated rings. The van der Waals surface area contributed by atoms with E-state index in [2.05, 4.69) is 5.32 Å². The van der Waals surface area contributed by atoms with Crippen LogP contribution in [0, 0.1) is 21.7 Å². The normalized spacial score (nSPS) is 11.6. The number of thiophene rings is 1. The molecule has 1 atom stereocenters. The number of carbonyl (C=O) groups is 1. The summed E-state index contributed by atoms with van der Waals surface area (Å²) in [6.07, 6.45) is 0. The van der Waals surface area contributed by atoms with Crippen LogP contribution in [0.3, 0.4) is 0 Å². The van der Waals surface area contributed by atoms with Gasteiger partial charge in [0.25, 0.3) is 5.91 Å². The Labute approximate surface area is 162 Å². The molecule has 1 heterocycles. The fourth-order valence-corrected chi connectivity index (χ4v) is 3.33. The van der Waals surface area contributed by atoms with Gasteiger partial charge in [-0.05, 0) is 35.2 Å². The molecule has 0 bridgehead atoms. The number of halogens is 2. The molecule has 0 aliphatic carbocycles. The van der Waals surface area contributed by atoms with Gasteiger partial charge in [-0.25, -0.2) is 8.78 Å². The van der Waals surface area contributed by atoms with Crippen LogP contribution in [0.15, 0.2) is 60.0 Å². The average molecular weight is 404 g/mol. The van der Waals surface area contributed by atoms with Gasteiger partial charge in [0.15, 0.2) is 6.61 Å². The third kappa shape index (κ3) is 4.68. The van der Waals surface area contributed by atoms with Gasteiger partial charge in [-0.15, -0.1) is 11.3 Å². The topological polar surface area (TPSA) is 81.5 Å². The van der Waals surface area contributed by atoms with E-state index in [9.17, 15) is 23.7 Å². The van der Waals surface area contributed by atoms with Gasteiger partial charge in [-0.3, -0.25) is 14.9 Å². The predicted molar refractivity (Wildman–Crippen MR) is 99.3 cm³/mol. The van der Waals surface area contributed by atoms with Crippen LogP contribution in [-0.4, -0.2) is 17.4 Å². The molecule has 0 unspecified atom stereocenters. The number of benzene rings is 2. The van der Waals surface area contributed by atoms with Crippen molar-refractivity contribution in [2.45, 2.75) is 6.04 Å². The van der Waals surface area contributed by atoms with E-state index in [0.29, 0.717) is 5.56 Å². The Kier molecular flexibility index (Phi) is 5.95. The third-order valence-corrected chi connectivity index (χ3v) is 4.75. The molecule has 3 aromatic rings. The maximum absolute atomic E-state index is 13.4. The molecular formula is C19H14F2N2O4S. The standard InChI is InChI=1S/C19H14F2N2O4S/c20-13-5-3-12(4-6-13)19(17-2-1-9-28-17)22-18(24)11-27-16-10-14(21)7-8-15(16)23(25)26/h1-10,19H,11H2,(H,22,24)/t19-/m0/s1. The number of nitrogens with one attached hydrogen (secondary N) is 1. The largest absolute Gasteiger partial charge is 0.477 e. The Morgan fingerprint density at radius 1 is 1.14 bits per heavy atom. The predicted octanol–water partition coefficient (Wildman–Crippen LogP) is 4.22. The fraction of sp³-hybridized carbons (Fsp3) is 0.105. The van der Waals surface area contributed by atoms with E-state index in [1.807, 2.05) is 17.5 Å². The Morgan fingerprint density at radius 2 is 1.86 bits per heavy atom. The van der Waals surface area contributed by atoms with Crippen molar-refractivity contribution in [2.24, 2.45) is 0 Å². The highest BCUT2D eigenvalue weighted by molar-refractivity contribution is 7.10. The summed E-state index contributed by atoms with van der Waals surface area (Å²) in [4.78, 5) is 23.4. The molecule has 0 saturated heterocycles. The van der Waals surface area contributed by atoms with Gasteiger partial charge in [-0.2, -0.15) is 0 Å². The molecule has 9 heteroatoms. The van der Waals surface area contributed by atoms with E-state index >= 15 is 0 Å². The summed E-state index contributed by atoms with van der Waals surface area (Å²) in [5.74, 6) is -2.03. The number of ether oxygens (including phenoxy) is 1. The van der Waals surface area contributed by atoms with Crippen LogP contribution < -0.4 is 10.1 Å². The summed E-state index contributed by atoms with van der Waals surface area (Å²) in [5.41, 5.74) is 0.219. The highest BCUT2D eigenvalue weighted by atomic mass is 32.1. The number of rotatable bonds is 7. The second-order valence-corrected chi connectivity index (χ2v) is 6.70. The molecule has 2 aromatic carbocycles. The molecule has 1 amide bonds. The van der Waals surface area contributed by atoms with Crippen LogP contribution in [0.25, 0.3) is 0 Å². The first kappa shape index (κ1) is 19.4. The van der Waals surface area contributed by atoms with Gasteiger partial charge in [0.2, 0.25) is 5.75 Å². The number of hydrogen-bond donors (Lipinski definition) is 1. The maximum Gasteiger partial charge on any atom is 0.311 e. The van der Waals surface area contributed by atoms with Crippen molar-refractivity contribution in [1.29, 1.82) is 0 Å². The van der Waals surface area contributed by atoms with Crippen molar-refractivity contribution >= 4 is 22.9 Å². The molecular weight excluding hydrogens is 390 g/mol. The van der Waals surface area contributed by atoms with Crippen LogP contribution >= 0.6 is 11.3 Å². The van der Waals surface area contributed by atoms with Crippen LogP contribution in [-0.2, 0) is 4.79 Å². The molecule has 0 aliphatic heterocycles. The smallest absolute Gasteiger partial charge is 0.311 e. The zero-order valence-corrected chi connectivity index (χ0v) is 15.1. The Hall–Kier alpha value is -3.33. The summed E-state index contributed by atoms with van der Waals surface area (Å²) >= 11 is 1.41. The molecule has 0 aliphatic rings. The van der Waals surface area contributed by atoms with Crippen LogP contribution in [0.5, 0.6) is 5.75 Å². The lowest BCUT2D eigenvalue weighted by molar-refractivity contribution is -0.385. The van der Waals surface area contributed by atoms with Crippen molar-refractivity contribution in [3.63, 3.8) is 0 Å². The highest BCUT2D eigenvalue weighted by Crippen LogP contribution is 2.28. The zero-order valence-electron chi connectivity index (χ0n) is 14.3. The second kappa shape index (κ2) is 8.57. The molecule has 0 radical (unpaired) electrons. The maximum atomic E-state index is 13.4. The lowest BCUT2D eigenvalue weighted by atomic mass is 10.1. The Balaban J connectivity index is 1.74. The molecule has 6 nitrogen and oxygen atoms in total. The molecule has 1 aromatic heterocycles. The van der Waals surface area contributed by atoms with Gasteiger partial charge in [0.1, 0.15) is 11.6 Å². The molecule has 0 saturated carbocycles. The van der Waals surface area contributed by atoms with Crippen molar-refractivity contribution in [3.8, 4) is 5.75 Å². The van der Waals surface area contributed by atoms with Crippen molar-refractivity contribution in [2.75, 3.05) is 6.61 Å². The molecule has 3 rings (SSSR count). The molecule has 1 N–H and O–H groups in total. The minimum Gasteiger partial charge on any atom is -0.477 e. The fourth-order valence-electron chi connectivity index (χ4n) is 2.53.